The van der Waals surface area contributed by atoms with Gasteiger partial charge in [0.25, 0.3) is 5.91 Å². The minimum atomic E-state index is -0.366. The molecule has 0 aliphatic heterocycles. The van der Waals surface area contributed by atoms with Gasteiger partial charge in [-0.1, -0.05) is 36.4 Å². The lowest BCUT2D eigenvalue weighted by molar-refractivity contribution is -0.129. The number of rotatable bonds is 7. The second kappa shape index (κ2) is 9.10. The van der Waals surface area contributed by atoms with Gasteiger partial charge in [-0.2, -0.15) is 0 Å². The summed E-state index contributed by atoms with van der Waals surface area (Å²) in [6.07, 6.45) is 0. The highest BCUT2D eigenvalue weighted by molar-refractivity contribution is 5.97. The molecule has 0 bridgehead atoms. The van der Waals surface area contributed by atoms with Crippen LogP contribution in [0.3, 0.4) is 0 Å². The largest absolute Gasteiger partial charge is 0.497 e. The highest BCUT2D eigenvalue weighted by Crippen LogP contribution is 2.22. The number of hydrogen-bond donors (Lipinski definition) is 1. The Hall–Kier alpha value is -3.54. The van der Waals surface area contributed by atoms with Crippen molar-refractivity contribution in [3.8, 4) is 11.5 Å². The van der Waals surface area contributed by atoms with Crippen molar-refractivity contribution in [3.63, 3.8) is 0 Å². The third kappa shape index (κ3) is 5.04. The molecule has 150 valence electrons. The third-order valence-corrected chi connectivity index (χ3v) is 4.67. The first-order valence-electron chi connectivity index (χ1n) is 9.23. The molecule has 3 aromatic carbocycles. The fourth-order valence-corrected chi connectivity index (χ4v) is 3.03. The fourth-order valence-electron chi connectivity index (χ4n) is 3.03. The van der Waals surface area contributed by atoms with Crippen LogP contribution in [-0.2, 0) is 11.3 Å². The highest BCUT2D eigenvalue weighted by atomic mass is 16.5. The van der Waals surface area contributed by atoms with Crippen molar-refractivity contribution < 1.29 is 19.1 Å². The predicted octanol–water partition coefficient (Wildman–Crippen LogP) is 3.25. The Morgan fingerprint density at radius 3 is 2.21 bits per heavy atom. The molecule has 0 saturated carbocycles. The lowest BCUT2D eigenvalue weighted by Crippen LogP contribution is -2.37. The molecule has 0 atom stereocenters. The van der Waals surface area contributed by atoms with Crippen LogP contribution in [0.5, 0.6) is 11.5 Å². The van der Waals surface area contributed by atoms with Gasteiger partial charge in [0.15, 0.2) is 0 Å². The van der Waals surface area contributed by atoms with E-state index in [4.69, 9.17) is 9.47 Å². The first kappa shape index (κ1) is 20.2. The van der Waals surface area contributed by atoms with Gasteiger partial charge in [-0.3, -0.25) is 9.59 Å². The zero-order valence-electron chi connectivity index (χ0n) is 16.8. The van der Waals surface area contributed by atoms with Crippen LogP contribution in [-0.4, -0.2) is 44.5 Å². The predicted molar refractivity (Wildman–Crippen MR) is 112 cm³/mol. The number of carbonyl (C=O) groups is 2. The van der Waals surface area contributed by atoms with Gasteiger partial charge in [0.2, 0.25) is 5.91 Å². The van der Waals surface area contributed by atoms with E-state index in [1.54, 1.807) is 30.1 Å². The third-order valence-electron chi connectivity index (χ3n) is 4.67. The molecule has 0 unspecified atom stereocenters. The summed E-state index contributed by atoms with van der Waals surface area (Å²) in [6, 6.07) is 19.1. The van der Waals surface area contributed by atoms with Crippen LogP contribution < -0.4 is 14.8 Å². The Labute approximate surface area is 170 Å². The summed E-state index contributed by atoms with van der Waals surface area (Å²) in [5, 5.41) is 4.95. The van der Waals surface area contributed by atoms with E-state index in [1.807, 2.05) is 30.3 Å². The average Bonchev–Trinajstić information content (AvgIpc) is 2.76. The van der Waals surface area contributed by atoms with Crippen molar-refractivity contribution in [2.24, 2.45) is 0 Å². The summed E-state index contributed by atoms with van der Waals surface area (Å²) in [5.41, 5.74) is 1.40. The molecule has 6 heteroatoms. The van der Waals surface area contributed by atoms with Gasteiger partial charge in [0.05, 0.1) is 20.8 Å². The Bertz CT molecular complexity index is 1010. The number of carbonyl (C=O) groups excluding carboxylic acids is 2. The fraction of sp³-hybridized carbons (Fsp3) is 0.217. The van der Waals surface area contributed by atoms with Crippen LogP contribution in [0.1, 0.15) is 15.9 Å². The Morgan fingerprint density at radius 1 is 0.897 bits per heavy atom. The number of methoxy groups -OCH3 is 2. The van der Waals surface area contributed by atoms with Crippen molar-refractivity contribution >= 4 is 22.6 Å². The first-order chi connectivity index (χ1) is 14.0. The zero-order chi connectivity index (χ0) is 20.8. The molecule has 6 nitrogen and oxygen atoms in total. The van der Waals surface area contributed by atoms with Gasteiger partial charge >= 0.3 is 0 Å². The van der Waals surface area contributed by atoms with E-state index >= 15 is 0 Å². The Balaban J connectivity index is 1.60. The monoisotopic (exact) mass is 392 g/mol. The maximum Gasteiger partial charge on any atom is 0.251 e. The quantitative estimate of drug-likeness (QED) is 0.670. The van der Waals surface area contributed by atoms with Crippen LogP contribution >= 0.6 is 0 Å². The summed E-state index contributed by atoms with van der Waals surface area (Å²) < 4.78 is 10.3. The van der Waals surface area contributed by atoms with E-state index in [-0.39, 0.29) is 18.4 Å². The lowest BCUT2D eigenvalue weighted by Gasteiger charge is -2.18. The standard InChI is InChI=1S/C23H24N2O4/c1-25(15-16-8-9-17-6-4-5-7-18(17)10-16)22(26)14-24-23(27)19-11-20(28-2)13-21(12-19)29-3/h4-13H,14-15H2,1-3H3,(H,24,27). The van der Waals surface area contributed by atoms with Gasteiger partial charge < -0.3 is 19.7 Å². The summed E-state index contributed by atoms with van der Waals surface area (Å²) in [4.78, 5) is 26.5. The second-order valence-corrected chi connectivity index (χ2v) is 6.72. The van der Waals surface area contributed by atoms with E-state index < -0.39 is 0 Å². The van der Waals surface area contributed by atoms with E-state index in [2.05, 4.69) is 17.4 Å². The number of nitrogens with one attached hydrogen (secondary N) is 1. The summed E-state index contributed by atoms with van der Waals surface area (Å²) in [7, 11) is 4.75. The zero-order valence-corrected chi connectivity index (χ0v) is 16.8. The molecule has 0 aliphatic carbocycles. The first-order valence-corrected chi connectivity index (χ1v) is 9.23. The number of likely N-dealkylation sites (N-methyl/N-ethyl adjacent to an activating group) is 1. The molecule has 3 rings (SSSR count). The Morgan fingerprint density at radius 2 is 1.55 bits per heavy atom. The Kier molecular flexibility index (Phi) is 6.34. The molecular formula is C23H24N2O4. The highest BCUT2D eigenvalue weighted by Gasteiger charge is 2.14. The average molecular weight is 392 g/mol. The number of benzene rings is 3. The minimum Gasteiger partial charge on any atom is -0.497 e. The molecule has 29 heavy (non-hydrogen) atoms. The van der Waals surface area contributed by atoms with Crippen LogP contribution in [0.15, 0.2) is 60.7 Å². The van der Waals surface area contributed by atoms with Crippen LogP contribution in [0.4, 0.5) is 0 Å². The van der Waals surface area contributed by atoms with Crippen LogP contribution in [0.2, 0.25) is 0 Å². The number of hydrogen-bond acceptors (Lipinski definition) is 4. The minimum absolute atomic E-state index is 0.0948. The van der Waals surface area contributed by atoms with Crippen molar-refractivity contribution in [1.82, 2.24) is 10.2 Å². The van der Waals surface area contributed by atoms with Gasteiger partial charge in [-0.25, -0.2) is 0 Å². The van der Waals surface area contributed by atoms with Gasteiger partial charge in [-0.15, -0.1) is 0 Å². The van der Waals surface area contributed by atoms with Crippen molar-refractivity contribution in [3.05, 3.63) is 71.8 Å². The number of nitrogens with zero attached hydrogens (tertiary/aromatic N) is 1. The van der Waals surface area contributed by atoms with E-state index in [9.17, 15) is 9.59 Å². The smallest absolute Gasteiger partial charge is 0.251 e. The van der Waals surface area contributed by atoms with Gasteiger partial charge in [0.1, 0.15) is 11.5 Å². The number of amides is 2. The van der Waals surface area contributed by atoms with Gasteiger partial charge in [-0.05, 0) is 34.5 Å². The molecule has 0 heterocycles. The summed E-state index contributed by atoms with van der Waals surface area (Å²) in [5.74, 6) is 0.472. The van der Waals surface area contributed by atoms with E-state index in [0.717, 1.165) is 16.3 Å². The van der Waals surface area contributed by atoms with Gasteiger partial charge in [0, 0.05) is 25.2 Å². The topological polar surface area (TPSA) is 67.9 Å². The molecule has 0 aliphatic rings. The number of ether oxygens (including phenoxy) is 2. The van der Waals surface area contributed by atoms with Crippen molar-refractivity contribution in [1.29, 1.82) is 0 Å². The van der Waals surface area contributed by atoms with Crippen molar-refractivity contribution in [2.75, 3.05) is 27.8 Å². The molecule has 0 radical (unpaired) electrons. The molecule has 0 spiro atoms. The molecule has 3 aromatic rings. The molecule has 2 amide bonds. The second-order valence-electron chi connectivity index (χ2n) is 6.72. The molecule has 1 N–H and O–H groups in total. The molecule has 0 saturated heterocycles. The maximum atomic E-state index is 12.5. The van der Waals surface area contributed by atoms with Crippen molar-refractivity contribution in [2.45, 2.75) is 6.54 Å². The van der Waals surface area contributed by atoms with E-state index in [1.165, 1.54) is 14.2 Å². The lowest BCUT2D eigenvalue weighted by atomic mass is 10.1. The van der Waals surface area contributed by atoms with Crippen LogP contribution in [0.25, 0.3) is 10.8 Å². The molecule has 0 aromatic heterocycles. The summed E-state index contributed by atoms with van der Waals surface area (Å²) in [6.45, 7) is 0.370. The SMILES string of the molecule is COc1cc(OC)cc(C(=O)NCC(=O)N(C)Cc2ccc3ccccc3c2)c1. The number of fused-ring (bicyclic) bond motifs is 1. The summed E-state index contributed by atoms with van der Waals surface area (Å²) >= 11 is 0. The normalized spacial score (nSPS) is 10.4. The van der Waals surface area contributed by atoms with E-state index in [0.29, 0.717) is 23.6 Å². The van der Waals surface area contributed by atoms with Crippen LogP contribution in [0, 0.1) is 0 Å². The molecular weight excluding hydrogens is 368 g/mol. The maximum absolute atomic E-state index is 12.5. The molecule has 0 fully saturated rings.